The SMILES string of the molecule is CC(CO)(CCOC1CCCCC1)NC1CC1. The molecular formula is C14H27NO2. The van der Waals surface area contributed by atoms with E-state index >= 15 is 0 Å². The average molecular weight is 241 g/mol. The van der Waals surface area contributed by atoms with E-state index in [0.717, 1.165) is 13.0 Å². The van der Waals surface area contributed by atoms with Gasteiger partial charge in [-0.15, -0.1) is 0 Å². The Morgan fingerprint density at radius 3 is 2.47 bits per heavy atom. The van der Waals surface area contributed by atoms with E-state index in [1.807, 2.05) is 0 Å². The summed E-state index contributed by atoms with van der Waals surface area (Å²) in [5.41, 5.74) is -0.143. The van der Waals surface area contributed by atoms with Crippen molar-refractivity contribution >= 4 is 0 Å². The topological polar surface area (TPSA) is 41.5 Å². The van der Waals surface area contributed by atoms with Gasteiger partial charge in [-0.05, 0) is 39.0 Å². The van der Waals surface area contributed by atoms with Gasteiger partial charge in [0.2, 0.25) is 0 Å². The first-order valence-corrected chi connectivity index (χ1v) is 7.22. The Bertz CT molecular complexity index is 224. The highest BCUT2D eigenvalue weighted by molar-refractivity contribution is 4.92. The number of aliphatic hydroxyl groups is 1. The average Bonchev–Trinajstić information content (AvgIpc) is 3.14. The third-order valence-corrected chi connectivity index (χ3v) is 4.04. The van der Waals surface area contributed by atoms with Gasteiger partial charge < -0.3 is 15.2 Å². The molecule has 2 aliphatic rings. The Labute approximate surface area is 105 Å². The van der Waals surface area contributed by atoms with E-state index in [9.17, 15) is 5.11 Å². The van der Waals surface area contributed by atoms with Gasteiger partial charge in [0.25, 0.3) is 0 Å². The zero-order valence-corrected chi connectivity index (χ0v) is 11.1. The van der Waals surface area contributed by atoms with Crippen LogP contribution in [0.2, 0.25) is 0 Å². The Kier molecular flexibility index (Phi) is 4.83. The maximum Gasteiger partial charge on any atom is 0.0611 e. The van der Waals surface area contributed by atoms with Crippen LogP contribution in [-0.2, 0) is 4.74 Å². The van der Waals surface area contributed by atoms with Crippen molar-refractivity contribution < 1.29 is 9.84 Å². The fourth-order valence-corrected chi connectivity index (χ4v) is 2.60. The summed E-state index contributed by atoms with van der Waals surface area (Å²) in [5.74, 6) is 0. The second-order valence-corrected chi connectivity index (χ2v) is 6.02. The summed E-state index contributed by atoms with van der Waals surface area (Å²) in [5, 5.41) is 13.0. The first-order valence-electron chi connectivity index (χ1n) is 7.22. The normalized spacial score (nSPS) is 25.8. The fraction of sp³-hybridized carbons (Fsp3) is 1.00. The zero-order valence-electron chi connectivity index (χ0n) is 11.1. The Morgan fingerprint density at radius 2 is 1.88 bits per heavy atom. The molecule has 0 aliphatic heterocycles. The van der Waals surface area contributed by atoms with E-state index in [2.05, 4.69) is 12.2 Å². The molecule has 0 saturated heterocycles. The summed E-state index contributed by atoms with van der Waals surface area (Å²) in [6, 6.07) is 0.641. The molecule has 3 heteroatoms. The van der Waals surface area contributed by atoms with E-state index in [4.69, 9.17) is 4.74 Å². The monoisotopic (exact) mass is 241 g/mol. The summed E-state index contributed by atoms with van der Waals surface area (Å²) in [4.78, 5) is 0. The second-order valence-electron chi connectivity index (χ2n) is 6.02. The molecule has 0 spiro atoms. The highest BCUT2D eigenvalue weighted by atomic mass is 16.5. The fourth-order valence-electron chi connectivity index (χ4n) is 2.60. The minimum atomic E-state index is -0.143. The predicted molar refractivity (Wildman–Crippen MR) is 69.1 cm³/mol. The van der Waals surface area contributed by atoms with Crippen molar-refractivity contribution in [1.82, 2.24) is 5.32 Å². The van der Waals surface area contributed by atoms with Gasteiger partial charge >= 0.3 is 0 Å². The lowest BCUT2D eigenvalue weighted by molar-refractivity contribution is 0.0110. The number of ether oxygens (including phenoxy) is 1. The van der Waals surface area contributed by atoms with Crippen LogP contribution in [0, 0.1) is 0 Å². The summed E-state index contributed by atoms with van der Waals surface area (Å²) >= 11 is 0. The Hall–Kier alpha value is -0.120. The van der Waals surface area contributed by atoms with Crippen molar-refractivity contribution in [2.75, 3.05) is 13.2 Å². The number of rotatable bonds is 7. The quantitative estimate of drug-likeness (QED) is 0.718. The van der Waals surface area contributed by atoms with Crippen molar-refractivity contribution in [3.05, 3.63) is 0 Å². The summed E-state index contributed by atoms with van der Waals surface area (Å²) in [6.45, 7) is 3.09. The van der Waals surface area contributed by atoms with Crippen LogP contribution in [0.25, 0.3) is 0 Å². The molecule has 0 aromatic carbocycles. The molecule has 2 aliphatic carbocycles. The Balaban J connectivity index is 1.64. The van der Waals surface area contributed by atoms with E-state index in [-0.39, 0.29) is 12.1 Å². The van der Waals surface area contributed by atoms with Crippen LogP contribution in [0.5, 0.6) is 0 Å². The lowest BCUT2D eigenvalue weighted by atomic mass is 9.97. The third-order valence-electron chi connectivity index (χ3n) is 4.04. The maximum atomic E-state index is 9.48. The zero-order chi connectivity index (χ0) is 12.1. The molecule has 0 radical (unpaired) electrons. The van der Waals surface area contributed by atoms with Crippen molar-refractivity contribution in [2.45, 2.75) is 76.0 Å². The van der Waals surface area contributed by atoms with Gasteiger partial charge in [0.05, 0.1) is 12.7 Å². The van der Waals surface area contributed by atoms with E-state index in [0.29, 0.717) is 12.1 Å². The molecule has 1 unspecified atom stereocenters. The molecule has 2 N–H and O–H groups in total. The van der Waals surface area contributed by atoms with Crippen molar-refractivity contribution in [1.29, 1.82) is 0 Å². The van der Waals surface area contributed by atoms with Crippen LogP contribution < -0.4 is 5.32 Å². The summed E-state index contributed by atoms with van der Waals surface area (Å²) < 4.78 is 5.93. The van der Waals surface area contributed by atoms with Crippen LogP contribution in [0.15, 0.2) is 0 Å². The van der Waals surface area contributed by atoms with Gasteiger partial charge in [-0.25, -0.2) is 0 Å². The van der Waals surface area contributed by atoms with Gasteiger partial charge in [0.1, 0.15) is 0 Å². The minimum absolute atomic E-state index is 0.143. The molecule has 3 nitrogen and oxygen atoms in total. The van der Waals surface area contributed by atoms with Crippen LogP contribution in [-0.4, -0.2) is 36.0 Å². The van der Waals surface area contributed by atoms with Gasteiger partial charge in [-0.2, -0.15) is 0 Å². The van der Waals surface area contributed by atoms with Crippen molar-refractivity contribution in [3.8, 4) is 0 Å². The summed E-state index contributed by atoms with van der Waals surface area (Å²) in [7, 11) is 0. The van der Waals surface area contributed by atoms with Crippen molar-refractivity contribution in [3.63, 3.8) is 0 Å². The Morgan fingerprint density at radius 1 is 1.18 bits per heavy atom. The molecule has 2 fully saturated rings. The molecule has 0 heterocycles. The largest absolute Gasteiger partial charge is 0.394 e. The van der Waals surface area contributed by atoms with Crippen LogP contribution in [0.3, 0.4) is 0 Å². The third kappa shape index (κ3) is 4.57. The van der Waals surface area contributed by atoms with Gasteiger partial charge in [-0.1, -0.05) is 19.3 Å². The molecule has 2 rings (SSSR count). The molecule has 1 atom stereocenters. The first-order chi connectivity index (χ1) is 8.22. The molecule has 0 amide bonds. The summed E-state index contributed by atoms with van der Waals surface area (Å²) in [6.07, 6.45) is 10.4. The number of hydrogen-bond donors (Lipinski definition) is 2. The predicted octanol–water partition coefficient (Wildman–Crippen LogP) is 2.23. The molecule has 0 aromatic rings. The molecule has 100 valence electrons. The van der Waals surface area contributed by atoms with E-state index in [1.54, 1.807) is 0 Å². The van der Waals surface area contributed by atoms with Crippen LogP contribution >= 0.6 is 0 Å². The number of hydrogen-bond acceptors (Lipinski definition) is 3. The molecule has 0 aromatic heterocycles. The molecule has 17 heavy (non-hydrogen) atoms. The molecule has 0 bridgehead atoms. The van der Waals surface area contributed by atoms with Gasteiger partial charge in [-0.3, -0.25) is 0 Å². The molecule has 2 saturated carbocycles. The van der Waals surface area contributed by atoms with Crippen LogP contribution in [0.1, 0.15) is 58.3 Å². The molecular weight excluding hydrogens is 214 g/mol. The van der Waals surface area contributed by atoms with Crippen LogP contribution in [0.4, 0.5) is 0 Å². The highest BCUT2D eigenvalue weighted by Crippen LogP contribution is 2.25. The highest BCUT2D eigenvalue weighted by Gasteiger charge is 2.31. The van der Waals surface area contributed by atoms with Crippen molar-refractivity contribution in [2.24, 2.45) is 0 Å². The lowest BCUT2D eigenvalue weighted by Gasteiger charge is -2.30. The number of aliphatic hydroxyl groups excluding tert-OH is 1. The standard InChI is InChI=1S/C14H27NO2/c1-14(11-16,15-12-7-8-12)9-10-17-13-5-3-2-4-6-13/h12-13,15-16H,2-11H2,1H3. The van der Waals surface area contributed by atoms with E-state index in [1.165, 1.54) is 44.9 Å². The lowest BCUT2D eigenvalue weighted by Crippen LogP contribution is -2.48. The van der Waals surface area contributed by atoms with Gasteiger partial charge in [0, 0.05) is 18.2 Å². The maximum absolute atomic E-state index is 9.48. The van der Waals surface area contributed by atoms with E-state index < -0.39 is 0 Å². The smallest absolute Gasteiger partial charge is 0.0611 e. The second kappa shape index (κ2) is 6.17. The first kappa shape index (κ1) is 13.3. The minimum Gasteiger partial charge on any atom is -0.394 e. The number of nitrogens with one attached hydrogen (secondary N) is 1. The van der Waals surface area contributed by atoms with Gasteiger partial charge in [0.15, 0.2) is 0 Å².